The summed E-state index contributed by atoms with van der Waals surface area (Å²) in [6.07, 6.45) is 0. The van der Waals surface area contributed by atoms with E-state index in [1.807, 2.05) is 0 Å². The maximum atomic E-state index is 12.8. The Morgan fingerprint density at radius 2 is 2.20 bits per heavy atom. The van der Waals surface area contributed by atoms with Crippen molar-refractivity contribution in [2.45, 2.75) is 0 Å². The van der Waals surface area contributed by atoms with Crippen LogP contribution in [-0.4, -0.2) is 15.1 Å². The molecule has 0 spiro atoms. The molecular formula is C8H4FN3O3. The van der Waals surface area contributed by atoms with Gasteiger partial charge in [0.2, 0.25) is 0 Å². The average molecular weight is 209 g/mol. The molecule has 1 heterocycles. The second-order valence-corrected chi connectivity index (χ2v) is 2.82. The molecule has 0 unspecified atom stereocenters. The van der Waals surface area contributed by atoms with Gasteiger partial charge in [0.15, 0.2) is 0 Å². The predicted octanol–water partition coefficient (Wildman–Crippen LogP) is 0.970. The van der Waals surface area contributed by atoms with E-state index in [1.165, 1.54) is 6.07 Å². The smallest absolute Gasteiger partial charge is 0.358 e. The number of hydrogen-bond donors (Lipinski definition) is 1. The summed E-state index contributed by atoms with van der Waals surface area (Å²) in [5.74, 6) is -1.47. The lowest BCUT2D eigenvalue weighted by molar-refractivity contribution is -0.391. The Kier molecular flexibility index (Phi) is 1.93. The lowest BCUT2D eigenvalue weighted by atomic mass is 10.2. The Morgan fingerprint density at radius 3 is 2.87 bits per heavy atom. The number of benzene rings is 1. The normalized spacial score (nSPS) is 10.5. The zero-order valence-electron chi connectivity index (χ0n) is 7.23. The van der Waals surface area contributed by atoms with Gasteiger partial charge in [-0.05, 0) is 23.1 Å². The number of rotatable bonds is 1. The van der Waals surface area contributed by atoms with Crippen molar-refractivity contribution < 1.29 is 9.31 Å². The molecule has 2 aromatic rings. The van der Waals surface area contributed by atoms with Gasteiger partial charge in [0.1, 0.15) is 5.82 Å². The van der Waals surface area contributed by atoms with E-state index in [2.05, 4.69) is 10.2 Å². The highest BCUT2D eigenvalue weighted by atomic mass is 19.1. The monoisotopic (exact) mass is 209 g/mol. The highest BCUT2D eigenvalue weighted by Gasteiger charge is 2.17. The minimum absolute atomic E-state index is 0.0864. The van der Waals surface area contributed by atoms with Crippen molar-refractivity contribution in [2.24, 2.45) is 0 Å². The van der Waals surface area contributed by atoms with Crippen LogP contribution in [0.25, 0.3) is 10.9 Å². The molecular weight excluding hydrogens is 205 g/mol. The highest BCUT2D eigenvalue weighted by molar-refractivity contribution is 5.79. The van der Waals surface area contributed by atoms with Crippen molar-refractivity contribution in [3.63, 3.8) is 0 Å². The summed E-state index contributed by atoms with van der Waals surface area (Å²) in [4.78, 5) is 20.9. The van der Waals surface area contributed by atoms with Crippen molar-refractivity contribution in [3.8, 4) is 0 Å². The fraction of sp³-hybridized carbons (Fsp3) is 0. The van der Waals surface area contributed by atoms with Crippen LogP contribution in [-0.2, 0) is 0 Å². The van der Waals surface area contributed by atoms with Gasteiger partial charge in [-0.2, -0.15) is 5.10 Å². The van der Waals surface area contributed by atoms with Crippen molar-refractivity contribution >= 4 is 16.7 Å². The van der Waals surface area contributed by atoms with Gasteiger partial charge in [-0.1, -0.05) is 0 Å². The Hall–Kier alpha value is -2.31. The third-order valence-electron chi connectivity index (χ3n) is 1.88. The third kappa shape index (κ3) is 1.43. The van der Waals surface area contributed by atoms with Gasteiger partial charge in [0.05, 0.1) is 16.0 Å². The summed E-state index contributed by atoms with van der Waals surface area (Å²) in [5, 5.41) is 15.9. The lowest BCUT2D eigenvalue weighted by Gasteiger charge is -1.95. The van der Waals surface area contributed by atoms with Gasteiger partial charge in [0.25, 0.3) is 5.43 Å². The van der Waals surface area contributed by atoms with E-state index in [1.54, 1.807) is 0 Å². The molecule has 0 radical (unpaired) electrons. The Bertz CT molecular complexity index is 608. The molecule has 6 nitrogen and oxygen atoms in total. The molecule has 0 bridgehead atoms. The molecule has 0 aliphatic carbocycles. The number of nitrogens with one attached hydrogen (secondary N) is 1. The zero-order chi connectivity index (χ0) is 11.0. The standard InChI is InChI=1S/C8H4FN3O3/c9-4-1-2-6-5(3-4)7(13)8(11-10-6)12(14)15/h1-3H,(H,10,13). The summed E-state index contributed by atoms with van der Waals surface area (Å²) in [7, 11) is 0. The second-order valence-electron chi connectivity index (χ2n) is 2.82. The maximum absolute atomic E-state index is 12.8. The van der Waals surface area contributed by atoms with E-state index in [4.69, 9.17) is 0 Å². The molecule has 0 aliphatic heterocycles. The topological polar surface area (TPSA) is 88.9 Å². The van der Waals surface area contributed by atoms with Gasteiger partial charge >= 0.3 is 5.82 Å². The molecule has 15 heavy (non-hydrogen) atoms. The van der Waals surface area contributed by atoms with Crippen LogP contribution in [0.1, 0.15) is 0 Å². The predicted molar refractivity (Wildman–Crippen MR) is 49.0 cm³/mol. The van der Waals surface area contributed by atoms with Gasteiger partial charge < -0.3 is 10.1 Å². The summed E-state index contributed by atoms with van der Waals surface area (Å²) in [6, 6.07) is 3.36. The van der Waals surface area contributed by atoms with E-state index >= 15 is 0 Å². The molecule has 76 valence electrons. The molecule has 0 atom stereocenters. The molecule has 0 amide bonds. The highest BCUT2D eigenvalue weighted by Crippen LogP contribution is 2.10. The van der Waals surface area contributed by atoms with Gasteiger partial charge in [0, 0.05) is 0 Å². The number of hydrogen-bond acceptors (Lipinski definition) is 4. The van der Waals surface area contributed by atoms with Crippen LogP contribution in [0.3, 0.4) is 0 Å². The molecule has 0 saturated carbocycles. The quantitative estimate of drug-likeness (QED) is 0.559. The molecule has 1 aromatic carbocycles. The molecule has 0 saturated heterocycles. The Morgan fingerprint density at radius 1 is 1.47 bits per heavy atom. The van der Waals surface area contributed by atoms with E-state index in [9.17, 15) is 19.3 Å². The number of nitro groups is 1. The van der Waals surface area contributed by atoms with E-state index < -0.39 is 22.0 Å². The number of aromatic amines is 1. The second kappa shape index (κ2) is 3.12. The van der Waals surface area contributed by atoms with E-state index in [-0.39, 0.29) is 10.9 Å². The first-order valence-corrected chi connectivity index (χ1v) is 3.92. The van der Waals surface area contributed by atoms with Gasteiger partial charge in [-0.15, -0.1) is 0 Å². The van der Waals surface area contributed by atoms with Crippen molar-refractivity contribution in [2.75, 3.05) is 0 Å². The first kappa shape index (κ1) is 9.25. The van der Waals surface area contributed by atoms with E-state index in [0.29, 0.717) is 0 Å². The molecule has 7 heteroatoms. The Labute approximate surface area is 81.5 Å². The Balaban J connectivity index is 2.89. The number of nitrogens with zero attached hydrogens (tertiary/aromatic N) is 2. The number of H-pyrrole nitrogens is 1. The zero-order valence-corrected chi connectivity index (χ0v) is 7.23. The minimum Gasteiger partial charge on any atom is -0.358 e. The SMILES string of the molecule is O=c1c([N+](=O)[O-])n[nH]c2ccc(F)cc12. The summed E-state index contributed by atoms with van der Waals surface area (Å²) in [5.41, 5.74) is -0.639. The van der Waals surface area contributed by atoms with E-state index in [0.717, 1.165) is 12.1 Å². The third-order valence-corrected chi connectivity index (χ3v) is 1.88. The first-order valence-electron chi connectivity index (χ1n) is 3.92. The molecule has 0 aliphatic rings. The number of fused-ring (bicyclic) bond motifs is 1. The molecule has 0 fully saturated rings. The molecule has 1 N–H and O–H groups in total. The molecule has 2 rings (SSSR count). The van der Waals surface area contributed by atoms with Crippen LogP contribution in [0.4, 0.5) is 10.2 Å². The number of halogens is 1. The van der Waals surface area contributed by atoms with Crippen LogP contribution in [0.2, 0.25) is 0 Å². The lowest BCUT2D eigenvalue weighted by Crippen LogP contribution is -2.12. The van der Waals surface area contributed by atoms with Crippen LogP contribution in [0.15, 0.2) is 23.0 Å². The van der Waals surface area contributed by atoms with Crippen molar-refractivity contribution in [3.05, 3.63) is 44.4 Å². The van der Waals surface area contributed by atoms with Crippen molar-refractivity contribution in [1.29, 1.82) is 0 Å². The van der Waals surface area contributed by atoms with Crippen LogP contribution >= 0.6 is 0 Å². The average Bonchev–Trinajstić information content (AvgIpc) is 2.19. The maximum Gasteiger partial charge on any atom is 0.436 e. The summed E-state index contributed by atoms with van der Waals surface area (Å²) < 4.78 is 12.8. The summed E-state index contributed by atoms with van der Waals surface area (Å²) >= 11 is 0. The summed E-state index contributed by atoms with van der Waals surface area (Å²) in [6.45, 7) is 0. The van der Waals surface area contributed by atoms with Crippen molar-refractivity contribution in [1.82, 2.24) is 10.2 Å². The van der Waals surface area contributed by atoms with Gasteiger partial charge in [-0.3, -0.25) is 4.79 Å². The van der Waals surface area contributed by atoms with Crippen LogP contribution in [0.5, 0.6) is 0 Å². The van der Waals surface area contributed by atoms with Crippen LogP contribution in [0, 0.1) is 15.9 Å². The van der Waals surface area contributed by atoms with Crippen LogP contribution < -0.4 is 5.43 Å². The minimum atomic E-state index is -0.914. The fourth-order valence-corrected chi connectivity index (χ4v) is 1.21. The number of aromatic nitrogens is 2. The van der Waals surface area contributed by atoms with Gasteiger partial charge in [-0.25, -0.2) is 4.39 Å². The first-order chi connectivity index (χ1) is 7.09. The fourth-order valence-electron chi connectivity index (χ4n) is 1.21. The molecule has 1 aromatic heterocycles. The largest absolute Gasteiger partial charge is 0.436 e.